The number of anilines is 1. The Morgan fingerprint density at radius 2 is 1.93 bits per heavy atom. The number of aromatic nitrogens is 1. The van der Waals surface area contributed by atoms with Crippen LogP contribution in [0.5, 0.6) is 0 Å². The monoisotopic (exact) mass is 437 g/mol. The summed E-state index contributed by atoms with van der Waals surface area (Å²) in [5, 5.41) is 0.748. The van der Waals surface area contributed by atoms with Crippen LogP contribution in [0.25, 0.3) is 0 Å². The third kappa shape index (κ3) is 3.82. The van der Waals surface area contributed by atoms with Gasteiger partial charge in [-0.3, -0.25) is 14.3 Å². The van der Waals surface area contributed by atoms with Crippen LogP contribution in [0.15, 0.2) is 30.3 Å². The smallest absolute Gasteiger partial charge is 0.376 e. The van der Waals surface area contributed by atoms with Crippen molar-refractivity contribution in [2.24, 2.45) is 0 Å². The van der Waals surface area contributed by atoms with E-state index in [-0.39, 0.29) is 38.8 Å². The second kappa shape index (κ2) is 7.68. The highest BCUT2D eigenvalue weighted by atomic mass is 32.1. The lowest BCUT2D eigenvalue weighted by atomic mass is 10.00. The molecule has 1 aromatic carbocycles. The van der Waals surface area contributed by atoms with Crippen molar-refractivity contribution in [2.75, 3.05) is 37.7 Å². The molecule has 160 valence electrons. The van der Waals surface area contributed by atoms with Gasteiger partial charge in [0.05, 0.1) is 37.0 Å². The number of ether oxygens (including phenoxy) is 2. The maximum atomic E-state index is 14.6. The Morgan fingerprint density at radius 3 is 2.60 bits per heavy atom. The van der Waals surface area contributed by atoms with Gasteiger partial charge < -0.3 is 14.5 Å². The van der Waals surface area contributed by atoms with Crippen molar-refractivity contribution in [3.63, 3.8) is 0 Å². The summed E-state index contributed by atoms with van der Waals surface area (Å²) in [5.74, 6) is -1.74. The van der Waals surface area contributed by atoms with E-state index in [1.807, 2.05) is 0 Å². The average Bonchev–Trinajstić information content (AvgIpc) is 2.92. The summed E-state index contributed by atoms with van der Waals surface area (Å²) in [4.78, 5) is 32.7. The average molecular weight is 437 g/mol. The molecule has 7 nitrogen and oxygen atoms in total. The van der Waals surface area contributed by atoms with Gasteiger partial charge >= 0.3 is 12.0 Å². The molecule has 3 heterocycles. The van der Waals surface area contributed by atoms with E-state index >= 15 is 0 Å². The molecule has 30 heavy (non-hydrogen) atoms. The highest BCUT2D eigenvalue weighted by molar-refractivity contribution is 7.13. The lowest BCUT2D eigenvalue weighted by molar-refractivity contribution is -0.293. The molecule has 4 rings (SSSR count). The van der Waals surface area contributed by atoms with E-state index in [0.29, 0.717) is 16.3 Å². The highest BCUT2D eigenvalue weighted by Gasteiger charge is 2.58. The number of halogens is 2. The van der Waals surface area contributed by atoms with Crippen LogP contribution in [0.1, 0.15) is 20.4 Å². The quantitative estimate of drug-likeness (QED) is 0.722. The third-order valence-electron chi connectivity index (χ3n) is 5.09. The van der Waals surface area contributed by atoms with E-state index in [9.17, 15) is 18.4 Å². The highest BCUT2D eigenvalue weighted by Crippen LogP contribution is 2.37. The van der Waals surface area contributed by atoms with Crippen molar-refractivity contribution in [1.82, 2.24) is 9.88 Å². The second-order valence-electron chi connectivity index (χ2n) is 7.46. The van der Waals surface area contributed by atoms with Crippen molar-refractivity contribution < 1.29 is 27.8 Å². The van der Waals surface area contributed by atoms with Crippen molar-refractivity contribution in [3.05, 3.63) is 45.9 Å². The molecule has 2 aliphatic heterocycles. The number of alkyl halides is 2. The molecular formula is C20H21F2N3O4S. The zero-order valence-electron chi connectivity index (χ0n) is 16.6. The number of aryl methyl sites for hydroxylation is 2. The minimum absolute atomic E-state index is 0.131. The first-order chi connectivity index (χ1) is 14.2. The molecular weight excluding hydrogens is 416 g/mol. The van der Waals surface area contributed by atoms with Crippen LogP contribution in [0.4, 0.5) is 14.5 Å². The van der Waals surface area contributed by atoms with Gasteiger partial charge in [0.25, 0.3) is 5.91 Å². The van der Waals surface area contributed by atoms with Gasteiger partial charge in [0, 0.05) is 12.2 Å². The summed E-state index contributed by atoms with van der Waals surface area (Å²) < 4.78 is 39.9. The molecule has 1 atom stereocenters. The molecule has 2 saturated heterocycles. The number of carbonyl (C=O) groups excluding carboxylic acids is 2. The Balaban J connectivity index is 1.66. The minimum atomic E-state index is -4.03. The topological polar surface area (TPSA) is 72.0 Å². The first-order valence-corrected chi connectivity index (χ1v) is 10.3. The van der Waals surface area contributed by atoms with Crippen molar-refractivity contribution >= 4 is 28.8 Å². The fourth-order valence-electron chi connectivity index (χ4n) is 3.79. The molecule has 2 fully saturated rings. The first-order valence-electron chi connectivity index (χ1n) is 9.47. The van der Waals surface area contributed by atoms with Crippen LogP contribution < -0.4 is 4.90 Å². The van der Waals surface area contributed by atoms with Gasteiger partial charge in [-0.1, -0.05) is 18.2 Å². The number of morpholine rings is 1. The fourth-order valence-corrected chi connectivity index (χ4v) is 4.68. The Hall–Kier alpha value is -2.43. The summed E-state index contributed by atoms with van der Waals surface area (Å²) in [7, 11) is 0. The van der Waals surface area contributed by atoms with Crippen molar-refractivity contribution in [3.8, 4) is 0 Å². The summed E-state index contributed by atoms with van der Waals surface area (Å²) in [6.45, 7) is 3.50. The molecule has 2 aliphatic rings. The van der Waals surface area contributed by atoms with Crippen LogP contribution in [-0.4, -0.2) is 66.3 Å². The maximum absolute atomic E-state index is 14.6. The summed E-state index contributed by atoms with van der Waals surface area (Å²) >= 11 is 1.26. The van der Waals surface area contributed by atoms with Gasteiger partial charge in [-0.2, -0.15) is 8.78 Å². The zero-order chi connectivity index (χ0) is 21.5. The largest absolute Gasteiger partial charge is 0.437 e. The Morgan fingerprint density at radius 1 is 1.20 bits per heavy atom. The van der Waals surface area contributed by atoms with E-state index in [2.05, 4.69) is 4.98 Å². The van der Waals surface area contributed by atoms with Crippen molar-refractivity contribution in [2.45, 2.75) is 25.6 Å². The van der Waals surface area contributed by atoms with Crippen LogP contribution in [0.3, 0.4) is 0 Å². The molecule has 1 unspecified atom stereocenters. The van der Waals surface area contributed by atoms with E-state index in [1.54, 1.807) is 44.2 Å². The maximum Gasteiger partial charge on any atom is 0.437 e. The van der Waals surface area contributed by atoms with E-state index < -0.39 is 17.6 Å². The number of para-hydroxylation sites is 1. The van der Waals surface area contributed by atoms with Crippen molar-refractivity contribution in [1.29, 1.82) is 0 Å². The molecule has 0 bridgehead atoms. The predicted octanol–water partition coefficient (Wildman–Crippen LogP) is 2.63. The molecule has 1 spiro atoms. The Bertz CT molecular complexity index is 968. The standard InChI is InChI=1S/C20H21F2N3O4S/c1-13-16(30-14(2)23-13)17(26)24-8-9-28-12-19(10-24)11-25(15-6-4-3-5-7-15)18(27)20(21,22)29-19/h3-7H,8-12H2,1-2H3. The molecule has 0 radical (unpaired) electrons. The number of nitrogens with zero attached hydrogens (tertiary/aromatic N) is 3. The lowest BCUT2D eigenvalue weighted by Gasteiger charge is -2.45. The number of carbonyl (C=O) groups is 2. The number of hydrogen-bond donors (Lipinski definition) is 0. The van der Waals surface area contributed by atoms with E-state index in [4.69, 9.17) is 9.47 Å². The fraction of sp³-hybridized carbons (Fsp3) is 0.450. The summed E-state index contributed by atoms with van der Waals surface area (Å²) in [6, 6.07) is 8.22. The van der Waals surface area contributed by atoms with Crippen LogP contribution in [-0.2, 0) is 14.3 Å². The van der Waals surface area contributed by atoms with Crippen LogP contribution in [0.2, 0.25) is 0 Å². The molecule has 0 saturated carbocycles. The third-order valence-corrected chi connectivity index (χ3v) is 6.15. The number of benzene rings is 1. The number of hydrogen-bond acceptors (Lipinski definition) is 6. The number of thiazole rings is 1. The van der Waals surface area contributed by atoms with Gasteiger partial charge in [-0.15, -0.1) is 11.3 Å². The van der Waals surface area contributed by atoms with Gasteiger partial charge in [0.2, 0.25) is 0 Å². The number of amides is 2. The van der Waals surface area contributed by atoms with Gasteiger partial charge in [-0.05, 0) is 26.0 Å². The molecule has 10 heteroatoms. The Labute approximate surface area is 176 Å². The molecule has 0 N–H and O–H groups in total. The van der Waals surface area contributed by atoms with Crippen LogP contribution in [0, 0.1) is 13.8 Å². The molecule has 0 aliphatic carbocycles. The predicted molar refractivity (Wildman–Crippen MR) is 106 cm³/mol. The summed E-state index contributed by atoms with van der Waals surface area (Å²) in [5.41, 5.74) is -0.633. The number of rotatable bonds is 2. The van der Waals surface area contributed by atoms with Gasteiger partial charge in [0.15, 0.2) is 0 Å². The SMILES string of the molecule is Cc1nc(C)c(C(=O)N2CCOCC3(C2)CN(c2ccccc2)C(=O)C(F)(F)O3)s1. The molecule has 1 aromatic heterocycles. The van der Waals surface area contributed by atoms with E-state index in [1.165, 1.54) is 16.2 Å². The minimum Gasteiger partial charge on any atom is -0.376 e. The van der Waals surface area contributed by atoms with Gasteiger partial charge in [-0.25, -0.2) is 4.98 Å². The van der Waals surface area contributed by atoms with Crippen LogP contribution >= 0.6 is 11.3 Å². The summed E-state index contributed by atoms with van der Waals surface area (Å²) in [6.07, 6.45) is -4.03. The van der Waals surface area contributed by atoms with Gasteiger partial charge in [0.1, 0.15) is 10.5 Å². The van der Waals surface area contributed by atoms with E-state index in [0.717, 1.165) is 9.91 Å². The lowest BCUT2D eigenvalue weighted by Crippen LogP contribution is -2.66. The molecule has 2 amide bonds. The first kappa shape index (κ1) is 20.8. The Kier molecular flexibility index (Phi) is 5.33. The normalized spacial score (nSPS) is 24.2. The second-order valence-corrected chi connectivity index (χ2v) is 8.66. The molecule has 2 aromatic rings. The zero-order valence-corrected chi connectivity index (χ0v) is 17.4.